The highest BCUT2D eigenvalue weighted by atomic mass is 35.5. The minimum Gasteiger partial charge on any atom is -0.350 e. The van der Waals surface area contributed by atoms with Crippen molar-refractivity contribution in [2.75, 3.05) is 24.5 Å². The summed E-state index contributed by atoms with van der Waals surface area (Å²) in [7, 11) is 0. The van der Waals surface area contributed by atoms with Gasteiger partial charge in [-0.15, -0.1) is 0 Å². The van der Waals surface area contributed by atoms with Crippen molar-refractivity contribution >= 4 is 17.4 Å². The van der Waals surface area contributed by atoms with Crippen molar-refractivity contribution in [1.82, 2.24) is 14.9 Å². The third-order valence-corrected chi connectivity index (χ3v) is 4.36. The number of halogens is 1. The van der Waals surface area contributed by atoms with Gasteiger partial charge >= 0.3 is 0 Å². The van der Waals surface area contributed by atoms with Gasteiger partial charge in [-0.2, -0.15) is 0 Å². The minimum absolute atomic E-state index is 0.449. The van der Waals surface area contributed by atoms with Gasteiger partial charge in [-0.05, 0) is 12.0 Å². The molecule has 2 heterocycles. The quantitative estimate of drug-likeness (QED) is 0.867. The molecule has 0 bridgehead atoms. The molecular weight excluding hydrogens is 296 g/mol. The molecule has 1 aromatic carbocycles. The molecule has 0 aliphatic carbocycles. The standard InChI is InChI=1S/C17H21ClN4/c1-2-15-13-21(12-14-6-4-3-5-7-14)8-9-22(15)17-11-19-10-16(18)20-17/h3-7,10-11,15H,2,8-9,12-13H2,1H3. The summed E-state index contributed by atoms with van der Waals surface area (Å²) in [5.74, 6) is 0.888. The zero-order valence-corrected chi connectivity index (χ0v) is 13.6. The molecule has 1 saturated heterocycles. The van der Waals surface area contributed by atoms with Gasteiger partial charge in [-0.1, -0.05) is 48.9 Å². The molecule has 3 rings (SSSR count). The molecule has 0 amide bonds. The first-order valence-corrected chi connectivity index (χ1v) is 8.14. The molecule has 1 aliphatic rings. The Balaban J connectivity index is 1.68. The van der Waals surface area contributed by atoms with Crippen LogP contribution in [-0.2, 0) is 6.54 Å². The van der Waals surface area contributed by atoms with E-state index in [0.29, 0.717) is 11.2 Å². The Bertz CT molecular complexity index is 605. The second-order valence-corrected chi connectivity index (χ2v) is 6.06. The first-order valence-electron chi connectivity index (χ1n) is 7.76. The Kier molecular flexibility index (Phi) is 4.90. The Morgan fingerprint density at radius 2 is 2.00 bits per heavy atom. The fraction of sp³-hybridized carbons (Fsp3) is 0.412. The van der Waals surface area contributed by atoms with Gasteiger partial charge in [0.25, 0.3) is 0 Å². The average Bonchev–Trinajstić information content (AvgIpc) is 2.55. The topological polar surface area (TPSA) is 32.3 Å². The van der Waals surface area contributed by atoms with Gasteiger partial charge in [-0.25, -0.2) is 4.98 Å². The lowest BCUT2D eigenvalue weighted by atomic mass is 10.1. The minimum atomic E-state index is 0.449. The number of hydrogen-bond acceptors (Lipinski definition) is 4. The summed E-state index contributed by atoms with van der Waals surface area (Å²) in [6, 6.07) is 11.1. The molecule has 2 aromatic rings. The fourth-order valence-electron chi connectivity index (χ4n) is 3.03. The van der Waals surface area contributed by atoms with Crippen molar-refractivity contribution in [1.29, 1.82) is 0 Å². The van der Waals surface area contributed by atoms with E-state index in [-0.39, 0.29) is 0 Å². The lowest BCUT2D eigenvalue weighted by Crippen LogP contribution is -2.53. The third kappa shape index (κ3) is 3.57. The van der Waals surface area contributed by atoms with Crippen molar-refractivity contribution in [3.05, 3.63) is 53.4 Å². The average molecular weight is 317 g/mol. The van der Waals surface area contributed by atoms with E-state index in [1.807, 2.05) is 0 Å². The summed E-state index contributed by atoms with van der Waals surface area (Å²) in [5, 5.41) is 0.457. The van der Waals surface area contributed by atoms with Crippen LogP contribution < -0.4 is 4.90 Å². The molecule has 0 spiro atoms. The molecule has 0 saturated carbocycles. The van der Waals surface area contributed by atoms with Gasteiger partial charge in [0.1, 0.15) is 11.0 Å². The van der Waals surface area contributed by atoms with E-state index in [1.165, 1.54) is 5.56 Å². The van der Waals surface area contributed by atoms with Crippen LogP contribution in [0.15, 0.2) is 42.7 Å². The molecule has 1 unspecified atom stereocenters. The maximum Gasteiger partial charge on any atom is 0.149 e. The number of nitrogens with zero attached hydrogens (tertiary/aromatic N) is 4. The molecule has 0 N–H and O–H groups in total. The largest absolute Gasteiger partial charge is 0.350 e. The Morgan fingerprint density at radius 3 is 2.73 bits per heavy atom. The van der Waals surface area contributed by atoms with E-state index in [1.54, 1.807) is 12.4 Å². The van der Waals surface area contributed by atoms with Crippen LogP contribution in [0.5, 0.6) is 0 Å². The number of anilines is 1. The van der Waals surface area contributed by atoms with Crippen molar-refractivity contribution < 1.29 is 0 Å². The maximum atomic E-state index is 5.98. The van der Waals surface area contributed by atoms with Crippen LogP contribution in [0.3, 0.4) is 0 Å². The summed E-state index contributed by atoms with van der Waals surface area (Å²) >= 11 is 5.98. The van der Waals surface area contributed by atoms with Crippen LogP contribution in [0.2, 0.25) is 5.15 Å². The van der Waals surface area contributed by atoms with Crippen LogP contribution in [0.25, 0.3) is 0 Å². The second-order valence-electron chi connectivity index (χ2n) is 5.68. The van der Waals surface area contributed by atoms with Gasteiger partial charge in [0, 0.05) is 32.2 Å². The summed E-state index contributed by atoms with van der Waals surface area (Å²) < 4.78 is 0. The van der Waals surface area contributed by atoms with E-state index >= 15 is 0 Å². The van der Waals surface area contributed by atoms with E-state index < -0.39 is 0 Å². The molecular formula is C17H21ClN4. The van der Waals surface area contributed by atoms with Gasteiger partial charge in [-0.3, -0.25) is 9.88 Å². The Hall–Kier alpha value is -1.65. The summed E-state index contributed by atoms with van der Waals surface area (Å²) in [4.78, 5) is 13.4. The highest BCUT2D eigenvalue weighted by Gasteiger charge is 2.26. The number of rotatable bonds is 4. The van der Waals surface area contributed by atoms with E-state index in [2.05, 4.69) is 57.0 Å². The van der Waals surface area contributed by atoms with Gasteiger partial charge < -0.3 is 4.90 Å². The molecule has 1 aliphatic heterocycles. The molecule has 4 nitrogen and oxygen atoms in total. The van der Waals surface area contributed by atoms with Crippen molar-refractivity contribution in [2.24, 2.45) is 0 Å². The summed E-state index contributed by atoms with van der Waals surface area (Å²) in [5.41, 5.74) is 1.37. The van der Waals surface area contributed by atoms with Crippen LogP contribution in [0, 0.1) is 0 Å². The normalized spacial score (nSPS) is 19.4. The Labute approximate surface area is 136 Å². The summed E-state index contributed by atoms with van der Waals surface area (Å²) in [6.45, 7) is 6.26. The molecule has 1 atom stereocenters. The molecule has 22 heavy (non-hydrogen) atoms. The predicted molar refractivity (Wildman–Crippen MR) is 90.2 cm³/mol. The number of aromatic nitrogens is 2. The first kappa shape index (κ1) is 15.3. The predicted octanol–water partition coefficient (Wildman–Crippen LogP) is 3.23. The van der Waals surface area contributed by atoms with Crippen molar-refractivity contribution in [3.63, 3.8) is 0 Å². The van der Waals surface area contributed by atoms with Crippen LogP contribution >= 0.6 is 11.6 Å². The smallest absolute Gasteiger partial charge is 0.149 e. The second kappa shape index (κ2) is 7.07. The Morgan fingerprint density at radius 1 is 1.18 bits per heavy atom. The molecule has 1 aromatic heterocycles. The van der Waals surface area contributed by atoms with E-state index in [0.717, 1.165) is 38.4 Å². The van der Waals surface area contributed by atoms with Gasteiger partial charge in [0.2, 0.25) is 0 Å². The van der Waals surface area contributed by atoms with E-state index in [4.69, 9.17) is 11.6 Å². The van der Waals surface area contributed by atoms with Gasteiger partial charge in [0.15, 0.2) is 0 Å². The highest BCUT2D eigenvalue weighted by Crippen LogP contribution is 2.22. The number of piperazine rings is 1. The number of hydrogen-bond donors (Lipinski definition) is 0. The van der Waals surface area contributed by atoms with Crippen molar-refractivity contribution in [2.45, 2.75) is 25.9 Å². The third-order valence-electron chi connectivity index (χ3n) is 4.17. The molecule has 1 fully saturated rings. The first-order chi connectivity index (χ1) is 10.8. The zero-order valence-electron chi connectivity index (χ0n) is 12.8. The van der Waals surface area contributed by atoms with Crippen molar-refractivity contribution in [3.8, 4) is 0 Å². The number of benzene rings is 1. The highest BCUT2D eigenvalue weighted by molar-refractivity contribution is 6.29. The maximum absolute atomic E-state index is 5.98. The molecule has 116 valence electrons. The van der Waals surface area contributed by atoms with E-state index in [9.17, 15) is 0 Å². The lowest BCUT2D eigenvalue weighted by Gasteiger charge is -2.41. The van der Waals surface area contributed by atoms with Gasteiger partial charge in [0.05, 0.1) is 12.4 Å². The summed E-state index contributed by atoms with van der Waals surface area (Å²) in [6.07, 6.45) is 4.47. The molecule has 5 heteroatoms. The SMILES string of the molecule is CCC1CN(Cc2ccccc2)CCN1c1cncc(Cl)n1. The van der Waals surface area contributed by atoms with Crippen LogP contribution in [0.4, 0.5) is 5.82 Å². The zero-order chi connectivity index (χ0) is 15.4. The molecule has 0 radical (unpaired) electrons. The van der Waals surface area contributed by atoms with Crippen LogP contribution in [-0.4, -0.2) is 40.5 Å². The monoisotopic (exact) mass is 316 g/mol. The fourth-order valence-corrected chi connectivity index (χ4v) is 3.17. The van der Waals surface area contributed by atoms with Crippen LogP contribution in [0.1, 0.15) is 18.9 Å². The lowest BCUT2D eigenvalue weighted by molar-refractivity contribution is 0.211.